The predicted molar refractivity (Wildman–Crippen MR) is 124 cm³/mol. The molecule has 0 radical (unpaired) electrons. The first-order valence-electron chi connectivity index (χ1n) is 9.82. The summed E-state index contributed by atoms with van der Waals surface area (Å²) in [7, 11) is 1.38. The van der Waals surface area contributed by atoms with Crippen molar-refractivity contribution in [3.63, 3.8) is 0 Å². The summed E-state index contributed by atoms with van der Waals surface area (Å²) in [5.41, 5.74) is 6.74. The number of rotatable bonds is 6. The lowest BCUT2D eigenvalue weighted by Crippen LogP contribution is -2.21. The zero-order valence-corrected chi connectivity index (χ0v) is 18.7. The van der Waals surface area contributed by atoms with Crippen LogP contribution in [0.4, 0.5) is 0 Å². The molecular weight excluding hydrogens is 449 g/mol. The molecule has 0 bridgehead atoms. The number of benzene rings is 3. The van der Waals surface area contributed by atoms with Gasteiger partial charge in [0.05, 0.1) is 7.11 Å². The maximum absolute atomic E-state index is 12.8. The van der Waals surface area contributed by atoms with Crippen LogP contribution in [0.15, 0.2) is 66.2 Å². The third-order valence-electron chi connectivity index (χ3n) is 5.04. The first-order chi connectivity index (χ1) is 15.4. The van der Waals surface area contributed by atoms with Crippen molar-refractivity contribution in [3.8, 4) is 5.75 Å². The number of ketones is 1. The van der Waals surface area contributed by atoms with Gasteiger partial charge in [-0.25, -0.2) is 5.48 Å². The maximum Gasteiger partial charge on any atom is 0.274 e. The van der Waals surface area contributed by atoms with Gasteiger partial charge >= 0.3 is 0 Å². The second-order valence-corrected chi connectivity index (χ2v) is 8.19. The van der Waals surface area contributed by atoms with E-state index in [-0.39, 0.29) is 11.7 Å². The molecule has 32 heavy (non-hydrogen) atoms. The summed E-state index contributed by atoms with van der Waals surface area (Å²) in [4.78, 5) is 29.1. The van der Waals surface area contributed by atoms with Gasteiger partial charge in [0.15, 0.2) is 5.78 Å². The average molecular weight is 468 g/mol. The number of hydrogen-bond acceptors (Lipinski definition) is 4. The number of fused-ring (bicyclic) bond motifs is 1. The Morgan fingerprint density at radius 1 is 1.03 bits per heavy atom. The van der Waals surface area contributed by atoms with Gasteiger partial charge in [0.2, 0.25) is 0 Å². The van der Waals surface area contributed by atoms with E-state index in [0.29, 0.717) is 45.5 Å². The lowest BCUT2D eigenvalue weighted by atomic mass is 10.1. The molecule has 3 aromatic rings. The molecule has 0 unspecified atom stereocenters. The third-order valence-corrected chi connectivity index (χ3v) is 5.47. The number of carbonyl (C=O) groups is 2. The first-order valence-corrected chi connectivity index (χ1v) is 10.6. The minimum atomic E-state index is -0.313. The van der Waals surface area contributed by atoms with Crippen LogP contribution in [0, 0.1) is 0 Å². The summed E-state index contributed by atoms with van der Waals surface area (Å²) in [6.07, 6.45) is 2.33. The van der Waals surface area contributed by atoms with Crippen LogP contribution in [0.3, 0.4) is 0 Å². The molecule has 0 aliphatic heterocycles. The fraction of sp³-hybridized carbons (Fsp3) is 0.120. The van der Waals surface area contributed by atoms with Crippen molar-refractivity contribution in [2.24, 2.45) is 0 Å². The molecule has 0 saturated heterocycles. The molecule has 1 aliphatic rings. The second kappa shape index (κ2) is 9.57. The first kappa shape index (κ1) is 22.1. The SMILES string of the molecule is CONC(=O)c1ccc(COc2ccc3c(c2)C/C(=C\c2cc(Cl)cc(Cl)c2)C3=O)cc1. The standard InChI is InChI=1S/C25H19Cl2NO4/c1-31-28-25(30)17-4-2-15(3-5-17)14-32-22-6-7-23-18(12-22)11-19(24(23)29)8-16-9-20(26)13-21(27)10-16/h2-10,12-13H,11,14H2,1H3,(H,28,30)/b19-8+. The quantitative estimate of drug-likeness (QED) is 0.373. The van der Waals surface area contributed by atoms with E-state index in [2.05, 4.69) is 10.3 Å². The summed E-state index contributed by atoms with van der Waals surface area (Å²) >= 11 is 12.1. The van der Waals surface area contributed by atoms with Gasteiger partial charge in [-0.2, -0.15) is 0 Å². The van der Waals surface area contributed by atoms with Gasteiger partial charge in [-0.3, -0.25) is 14.4 Å². The highest BCUT2D eigenvalue weighted by Crippen LogP contribution is 2.32. The fourth-order valence-electron chi connectivity index (χ4n) is 3.53. The Balaban J connectivity index is 1.44. The molecule has 0 heterocycles. The van der Waals surface area contributed by atoms with Crippen LogP contribution in [-0.4, -0.2) is 18.8 Å². The topological polar surface area (TPSA) is 64.6 Å². The van der Waals surface area contributed by atoms with Crippen LogP contribution >= 0.6 is 23.2 Å². The van der Waals surface area contributed by atoms with Gasteiger partial charge in [0, 0.05) is 33.2 Å². The number of hydroxylamine groups is 1. The molecule has 7 heteroatoms. The molecule has 3 aromatic carbocycles. The third kappa shape index (κ3) is 5.02. The van der Waals surface area contributed by atoms with E-state index in [9.17, 15) is 9.59 Å². The summed E-state index contributed by atoms with van der Waals surface area (Å²) in [6.45, 7) is 0.336. The monoisotopic (exact) mass is 467 g/mol. The van der Waals surface area contributed by atoms with Gasteiger partial charge in [-0.1, -0.05) is 35.3 Å². The zero-order chi connectivity index (χ0) is 22.7. The normalized spacial score (nSPS) is 13.8. The molecular formula is C25H19Cl2NO4. The summed E-state index contributed by atoms with van der Waals surface area (Å²) in [6, 6.07) is 17.7. The van der Waals surface area contributed by atoms with Crippen molar-refractivity contribution in [3.05, 3.63) is 104 Å². The highest BCUT2D eigenvalue weighted by molar-refractivity contribution is 6.34. The molecule has 1 N–H and O–H groups in total. The minimum Gasteiger partial charge on any atom is -0.489 e. The molecule has 0 spiro atoms. The number of carbonyl (C=O) groups excluding carboxylic acids is 2. The number of allylic oxidation sites excluding steroid dienone is 1. The molecule has 5 nitrogen and oxygen atoms in total. The lowest BCUT2D eigenvalue weighted by molar-refractivity contribution is 0.0537. The summed E-state index contributed by atoms with van der Waals surface area (Å²) in [5.74, 6) is 0.351. The van der Waals surface area contributed by atoms with Crippen molar-refractivity contribution in [1.29, 1.82) is 0 Å². The van der Waals surface area contributed by atoms with Crippen LogP contribution in [0.1, 0.15) is 37.4 Å². The number of halogens is 2. The average Bonchev–Trinajstić information content (AvgIpc) is 3.06. The van der Waals surface area contributed by atoms with Gasteiger partial charge in [-0.05, 0) is 71.3 Å². The lowest BCUT2D eigenvalue weighted by Gasteiger charge is -2.08. The van der Waals surface area contributed by atoms with Crippen LogP contribution in [-0.2, 0) is 17.9 Å². The predicted octanol–water partition coefficient (Wildman–Crippen LogP) is 5.69. The van der Waals surface area contributed by atoms with Gasteiger partial charge < -0.3 is 4.74 Å². The van der Waals surface area contributed by atoms with Crippen molar-refractivity contribution < 1.29 is 19.2 Å². The fourth-order valence-corrected chi connectivity index (χ4v) is 4.08. The summed E-state index contributed by atoms with van der Waals surface area (Å²) < 4.78 is 5.89. The number of ether oxygens (including phenoxy) is 1. The number of nitrogens with one attached hydrogen (secondary N) is 1. The Kier molecular flexibility index (Phi) is 6.61. The van der Waals surface area contributed by atoms with Crippen LogP contribution in [0.25, 0.3) is 6.08 Å². The Morgan fingerprint density at radius 3 is 2.44 bits per heavy atom. The van der Waals surface area contributed by atoms with Gasteiger partial charge in [-0.15, -0.1) is 0 Å². The molecule has 162 valence electrons. The van der Waals surface area contributed by atoms with E-state index in [0.717, 1.165) is 16.7 Å². The molecule has 1 amide bonds. The van der Waals surface area contributed by atoms with E-state index >= 15 is 0 Å². The number of hydrogen-bond donors (Lipinski definition) is 1. The Bertz CT molecular complexity index is 1200. The zero-order valence-electron chi connectivity index (χ0n) is 17.2. The van der Waals surface area contributed by atoms with E-state index in [1.165, 1.54) is 7.11 Å². The largest absolute Gasteiger partial charge is 0.489 e. The highest BCUT2D eigenvalue weighted by Gasteiger charge is 2.25. The highest BCUT2D eigenvalue weighted by atomic mass is 35.5. The maximum atomic E-state index is 12.8. The van der Waals surface area contributed by atoms with Gasteiger partial charge in [0.1, 0.15) is 12.4 Å². The minimum absolute atomic E-state index is 0.00688. The van der Waals surface area contributed by atoms with Crippen LogP contribution in [0.2, 0.25) is 10.0 Å². The van der Waals surface area contributed by atoms with E-state index < -0.39 is 0 Å². The van der Waals surface area contributed by atoms with E-state index in [1.807, 2.05) is 24.3 Å². The van der Waals surface area contributed by atoms with E-state index in [1.54, 1.807) is 42.5 Å². The molecule has 4 rings (SSSR count). The Hall–Kier alpha value is -3.12. The molecule has 0 fully saturated rings. The summed E-state index contributed by atoms with van der Waals surface area (Å²) in [5, 5.41) is 1.05. The number of amides is 1. The van der Waals surface area contributed by atoms with Crippen LogP contribution < -0.4 is 10.2 Å². The number of Topliss-reactive ketones (excluding diaryl/α,β-unsaturated/α-hetero) is 1. The van der Waals surface area contributed by atoms with Crippen molar-refractivity contribution in [2.45, 2.75) is 13.0 Å². The second-order valence-electron chi connectivity index (χ2n) is 7.32. The van der Waals surface area contributed by atoms with Gasteiger partial charge in [0.25, 0.3) is 5.91 Å². The van der Waals surface area contributed by atoms with Crippen molar-refractivity contribution in [2.75, 3.05) is 7.11 Å². The molecule has 0 aromatic heterocycles. The Morgan fingerprint density at radius 2 is 1.75 bits per heavy atom. The smallest absolute Gasteiger partial charge is 0.274 e. The van der Waals surface area contributed by atoms with Crippen LogP contribution in [0.5, 0.6) is 5.75 Å². The molecule has 0 atom stereocenters. The van der Waals surface area contributed by atoms with Crippen molar-refractivity contribution in [1.82, 2.24) is 5.48 Å². The van der Waals surface area contributed by atoms with E-state index in [4.69, 9.17) is 27.9 Å². The Labute approximate surface area is 195 Å². The molecule has 0 saturated carbocycles. The molecule has 1 aliphatic carbocycles. The van der Waals surface area contributed by atoms with Crippen molar-refractivity contribution >= 4 is 41.0 Å².